The molecule has 2 aromatic heterocycles. The van der Waals surface area contributed by atoms with Crippen molar-refractivity contribution in [1.29, 1.82) is 0 Å². The molecule has 1 unspecified atom stereocenters. The summed E-state index contributed by atoms with van der Waals surface area (Å²) in [5, 5.41) is 5.87. The summed E-state index contributed by atoms with van der Waals surface area (Å²) < 4.78 is 25.9. The van der Waals surface area contributed by atoms with E-state index in [4.69, 9.17) is 0 Å². The normalized spacial score (nSPS) is 17.3. The molecule has 0 spiro atoms. The molecular formula is C23H21N5O3S2. The first-order valence-corrected chi connectivity index (χ1v) is 13.3. The number of hydrogen-bond donors (Lipinski definition) is 0. The first kappa shape index (κ1) is 21.6. The van der Waals surface area contributed by atoms with Gasteiger partial charge in [0.2, 0.25) is 5.91 Å². The molecule has 1 atom stereocenters. The fourth-order valence-electron chi connectivity index (χ4n) is 4.02. The van der Waals surface area contributed by atoms with Gasteiger partial charge in [-0.3, -0.25) is 4.79 Å². The predicted octanol–water partition coefficient (Wildman–Crippen LogP) is 3.13. The van der Waals surface area contributed by atoms with E-state index in [1.807, 2.05) is 60.7 Å². The molecular weight excluding hydrogens is 458 g/mol. The number of carbonyl (C=O) groups excluding carboxylic acids is 1. The molecule has 0 N–H and O–H groups in total. The van der Waals surface area contributed by atoms with Crippen molar-refractivity contribution >= 4 is 44.2 Å². The SMILES string of the molecule is O=C(CSc1ncnc2c1cnn2-c1ccccc1)N(c1ccccc1)C1CCS(=O)(=O)C1. The molecule has 1 aliphatic heterocycles. The molecule has 168 valence electrons. The molecule has 10 heteroatoms. The fourth-order valence-corrected chi connectivity index (χ4v) is 6.54. The second kappa shape index (κ2) is 8.95. The quantitative estimate of drug-likeness (QED) is 0.310. The Bertz CT molecular complexity index is 1390. The van der Waals surface area contributed by atoms with Gasteiger partial charge in [-0.2, -0.15) is 5.10 Å². The Morgan fingerprint density at radius 2 is 1.79 bits per heavy atom. The third-order valence-corrected chi connectivity index (χ3v) is 8.28. The summed E-state index contributed by atoms with van der Waals surface area (Å²) in [6, 6.07) is 18.5. The van der Waals surface area contributed by atoms with E-state index in [2.05, 4.69) is 15.1 Å². The van der Waals surface area contributed by atoms with Gasteiger partial charge in [0.1, 0.15) is 11.4 Å². The van der Waals surface area contributed by atoms with Crippen LogP contribution in [0.5, 0.6) is 0 Å². The van der Waals surface area contributed by atoms with Gasteiger partial charge < -0.3 is 4.90 Å². The Kier molecular flexibility index (Phi) is 5.86. The van der Waals surface area contributed by atoms with Gasteiger partial charge in [-0.1, -0.05) is 48.2 Å². The van der Waals surface area contributed by atoms with Gasteiger partial charge in [-0.15, -0.1) is 0 Å². The zero-order valence-electron chi connectivity index (χ0n) is 17.6. The minimum absolute atomic E-state index is 0.0140. The monoisotopic (exact) mass is 479 g/mol. The molecule has 5 rings (SSSR count). The van der Waals surface area contributed by atoms with Crippen LogP contribution in [-0.4, -0.2) is 57.4 Å². The first-order valence-electron chi connectivity index (χ1n) is 10.5. The fraction of sp³-hybridized carbons (Fsp3) is 0.217. The molecule has 4 aromatic rings. The highest BCUT2D eigenvalue weighted by atomic mass is 32.2. The average Bonchev–Trinajstić information content (AvgIpc) is 3.42. The average molecular weight is 480 g/mol. The Morgan fingerprint density at radius 3 is 2.48 bits per heavy atom. The van der Waals surface area contributed by atoms with Crippen LogP contribution in [0.15, 0.2) is 78.2 Å². The smallest absolute Gasteiger partial charge is 0.237 e. The molecule has 33 heavy (non-hydrogen) atoms. The van der Waals surface area contributed by atoms with Crippen molar-refractivity contribution in [3.05, 3.63) is 73.2 Å². The van der Waals surface area contributed by atoms with Crippen LogP contribution in [0.25, 0.3) is 16.7 Å². The topological polar surface area (TPSA) is 98.1 Å². The van der Waals surface area contributed by atoms with E-state index in [0.717, 1.165) is 11.1 Å². The first-order chi connectivity index (χ1) is 16.0. The molecule has 2 aromatic carbocycles. The zero-order valence-corrected chi connectivity index (χ0v) is 19.2. The lowest BCUT2D eigenvalue weighted by Crippen LogP contribution is -2.42. The van der Waals surface area contributed by atoms with E-state index < -0.39 is 9.84 Å². The van der Waals surface area contributed by atoms with Crippen LogP contribution in [-0.2, 0) is 14.6 Å². The van der Waals surface area contributed by atoms with E-state index in [9.17, 15) is 13.2 Å². The highest BCUT2D eigenvalue weighted by molar-refractivity contribution is 8.00. The molecule has 0 bridgehead atoms. The van der Waals surface area contributed by atoms with Gasteiger partial charge in [-0.05, 0) is 30.7 Å². The molecule has 0 radical (unpaired) electrons. The standard InChI is InChI=1S/C23H21N5O3S2/c29-21(27(17-7-3-1-4-8-17)19-11-12-33(30,31)15-19)14-32-23-20-13-26-28(22(20)24-16-25-23)18-9-5-2-6-10-18/h1-10,13,16,19H,11-12,14-15H2. The summed E-state index contributed by atoms with van der Waals surface area (Å²) in [6.07, 6.45) is 3.61. The number of anilines is 1. The summed E-state index contributed by atoms with van der Waals surface area (Å²) >= 11 is 1.30. The van der Waals surface area contributed by atoms with Crippen molar-refractivity contribution in [3.63, 3.8) is 0 Å². The van der Waals surface area contributed by atoms with Gasteiger partial charge >= 0.3 is 0 Å². The highest BCUT2D eigenvalue weighted by Gasteiger charge is 2.35. The van der Waals surface area contributed by atoms with Crippen molar-refractivity contribution in [2.45, 2.75) is 17.5 Å². The zero-order chi connectivity index (χ0) is 22.8. The molecule has 1 aliphatic rings. The maximum Gasteiger partial charge on any atom is 0.237 e. The van der Waals surface area contributed by atoms with Gasteiger partial charge in [0.25, 0.3) is 0 Å². The molecule has 3 heterocycles. The number of fused-ring (bicyclic) bond motifs is 1. The number of para-hydroxylation sites is 2. The molecule has 8 nitrogen and oxygen atoms in total. The van der Waals surface area contributed by atoms with E-state index in [1.165, 1.54) is 18.1 Å². The van der Waals surface area contributed by atoms with E-state index in [0.29, 0.717) is 22.8 Å². The molecule has 1 amide bonds. The maximum absolute atomic E-state index is 13.3. The van der Waals surface area contributed by atoms with Crippen LogP contribution in [0.4, 0.5) is 5.69 Å². The lowest BCUT2D eigenvalue weighted by atomic mass is 10.2. The van der Waals surface area contributed by atoms with Crippen LogP contribution in [0.3, 0.4) is 0 Å². The van der Waals surface area contributed by atoms with Gasteiger partial charge in [0.15, 0.2) is 15.5 Å². The van der Waals surface area contributed by atoms with E-state index in [1.54, 1.807) is 15.8 Å². The minimum atomic E-state index is -3.13. The Balaban J connectivity index is 1.40. The van der Waals surface area contributed by atoms with Crippen LogP contribution >= 0.6 is 11.8 Å². The Morgan fingerprint density at radius 1 is 1.06 bits per heavy atom. The van der Waals surface area contributed by atoms with Gasteiger partial charge in [0, 0.05) is 5.69 Å². The minimum Gasteiger partial charge on any atom is -0.308 e. The second-order valence-electron chi connectivity index (χ2n) is 7.75. The van der Waals surface area contributed by atoms with E-state index in [-0.39, 0.29) is 29.2 Å². The summed E-state index contributed by atoms with van der Waals surface area (Å²) in [5.74, 6) is 0.0520. The number of benzene rings is 2. The number of thioether (sulfide) groups is 1. The number of carbonyl (C=O) groups is 1. The van der Waals surface area contributed by atoms with Crippen molar-refractivity contribution in [2.75, 3.05) is 22.2 Å². The summed E-state index contributed by atoms with van der Waals surface area (Å²) in [5.41, 5.74) is 2.25. The summed E-state index contributed by atoms with van der Waals surface area (Å²) in [7, 11) is -3.13. The lowest BCUT2D eigenvalue weighted by Gasteiger charge is -2.28. The molecule has 0 saturated carbocycles. The van der Waals surface area contributed by atoms with Crippen LogP contribution < -0.4 is 4.90 Å². The summed E-state index contributed by atoms with van der Waals surface area (Å²) in [4.78, 5) is 23.7. The van der Waals surface area contributed by atoms with Crippen LogP contribution in [0, 0.1) is 0 Å². The van der Waals surface area contributed by atoms with Crippen molar-refractivity contribution in [3.8, 4) is 5.69 Å². The number of rotatable bonds is 6. The third-order valence-electron chi connectivity index (χ3n) is 5.54. The lowest BCUT2D eigenvalue weighted by molar-refractivity contribution is -0.116. The third kappa shape index (κ3) is 4.49. The number of nitrogens with zero attached hydrogens (tertiary/aromatic N) is 5. The molecule has 0 aliphatic carbocycles. The Hall–Kier alpha value is -3.24. The van der Waals surface area contributed by atoms with Gasteiger partial charge in [0.05, 0.1) is 40.6 Å². The number of sulfone groups is 1. The second-order valence-corrected chi connectivity index (χ2v) is 10.9. The number of hydrogen-bond acceptors (Lipinski definition) is 7. The van der Waals surface area contributed by atoms with E-state index >= 15 is 0 Å². The number of aromatic nitrogens is 4. The Labute approximate surface area is 195 Å². The summed E-state index contributed by atoms with van der Waals surface area (Å²) in [6.45, 7) is 0. The van der Waals surface area contributed by atoms with Crippen molar-refractivity contribution in [2.24, 2.45) is 0 Å². The maximum atomic E-state index is 13.3. The predicted molar refractivity (Wildman–Crippen MR) is 128 cm³/mol. The van der Waals surface area contributed by atoms with Crippen LogP contribution in [0.2, 0.25) is 0 Å². The van der Waals surface area contributed by atoms with Gasteiger partial charge in [-0.25, -0.2) is 23.1 Å². The van der Waals surface area contributed by atoms with Crippen molar-refractivity contribution in [1.82, 2.24) is 19.7 Å². The molecule has 1 fully saturated rings. The largest absolute Gasteiger partial charge is 0.308 e. The highest BCUT2D eigenvalue weighted by Crippen LogP contribution is 2.29. The van der Waals surface area contributed by atoms with Crippen molar-refractivity contribution < 1.29 is 13.2 Å². The number of amides is 1. The molecule has 1 saturated heterocycles. The van der Waals surface area contributed by atoms with Crippen LogP contribution in [0.1, 0.15) is 6.42 Å².